The van der Waals surface area contributed by atoms with E-state index in [0.717, 1.165) is 68.8 Å². The Kier molecular flexibility index (Phi) is 5.36. The van der Waals surface area contributed by atoms with Gasteiger partial charge in [0, 0.05) is 43.7 Å². The summed E-state index contributed by atoms with van der Waals surface area (Å²) in [4.78, 5) is 7.00. The van der Waals surface area contributed by atoms with Gasteiger partial charge in [-0.1, -0.05) is 29.8 Å². The van der Waals surface area contributed by atoms with Crippen molar-refractivity contribution < 1.29 is 9.47 Å². The number of hydrogen-bond donors (Lipinski definition) is 1. The molecule has 2 saturated heterocycles. The van der Waals surface area contributed by atoms with Crippen molar-refractivity contribution in [2.45, 2.75) is 25.5 Å². The van der Waals surface area contributed by atoms with Crippen molar-refractivity contribution in [3.8, 4) is 0 Å². The standard InChI is InChI=1S/C19H24ClN3O2/c20-19-16(13-21-12-14-4-3-9-25-14)18(23-7-10-24-11-8-23)15-5-1-2-6-17(15)22-19/h1-2,5-6,14,21H,3-4,7-13H2/t14-/m0/s1. The van der Waals surface area contributed by atoms with Crippen molar-refractivity contribution in [1.82, 2.24) is 10.3 Å². The summed E-state index contributed by atoms with van der Waals surface area (Å²) in [5.41, 5.74) is 3.20. The molecule has 0 saturated carbocycles. The van der Waals surface area contributed by atoms with E-state index in [1.54, 1.807) is 0 Å². The van der Waals surface area contributed by atoms with Gasteiger partial charge in [-0.15, -0.1) is 0 Å². The SMILES string of the molecule is Clc1nc2ccccc2c(N2CCOCC2)c1CNC[C@@H]1CCCO1. The zero-order valence-corrected chi connectivity index (χ0v) is 15.1. The van der Waals surface area contributed by atoms with Gasteiger partial charge in [0.15, 0.2) is 0 Å². The van der Waals surface area contributed by atoms with Crippen molar-refractivity contribution >= 4 is 28.2 Å². The van der Waals surface area contributed by atoms with Crippen LogP contribution in [0.5, 0.6) is 0 Å². The number of fused-ring (bicyclic) bond motifs is 1. The molecule has 3 heterocycles. The molecule has 5 nitrogen and oxygen atoms in total. The summed E-state index contributed by atoms with van der Waals surface area (Å²) in [5, 5.41) is 5.26. The Hall–Kier alpha value is -1.40. The number of hydrogen-bond acceptors (Lipinski definition) is 5. The molecule has 1 aromatic heterocycles. The van der Waals surface area contributed by atoms with Crippen LogP contribution in [0.1, 0.15) is 18.4 Å². The molecular weight excluding hydrogens is 338 g/mol. The second kappa shape index (κ2) is 7.87. The summed E-state index contributed by atoms with van der Waals surface area (Å²) < 4.78 is 11.2. The van der Waals surface area contributed by atoms with E-state index in [2.05, 4.69) is 27.3 Å². The van der Waals surface area contributed by atoms with Crippen LogP contribution in [0.15, 0.2) is 24.3 Å². The van der Waals surface area contributed by atoms with Gasteiger partial charge < -0.3 is 19.7 Å². The minimum atomic E-state index is 0.319. The summed E-state index contributed by atoms with van der Waals surface area (Å²) in [6.45, 7) is 5.68. The zero-order chi connectivity index (χ0) is 17.1. The van der Waals surface area contributed by atoms with Gasteiger partial charge in [0.25, 0.3) is 0 Å². The highest BCUT2D eigenvalue weighted by Crippen LogP contribution is 2.34. The average Bonchev–Trinajstić information content (AvgIpc) is 3.16. The maximum absolute atomic E-state index is 6.58. The smallest absolute Gasteiger partial charge is 0.136 e. The minimum absolute atomic E-state index is 0.319. The van der Waals surface area contributed by atoms with Crippen molar-refractivity contribution in [2.24, 2.45) is 0 Å². The Morgan fingerprint density at radius 1 is 1.20 bits per heavy atom. The summed E-state index contributed by atoms with van der Waals surface area (Å²) in [7, 11) is 0. The molecule has 0 radical (unpaired) electrons. The summed E-state index contributed by atoms with van der Waals surface area (Å²) in [5.74, 6) is 0. The third-order valence-electron chi connectivity index (χ3n) is 4.94. The van der Waals surface area contributed by atoms with Gasteiger partial charge in [-0.3, -0.25) is 0 Å². The second-order valence-electron chi connectivity index (χ2n) is 6.61. The van der Waals surface area contributed by atoms with Crippen LogP contribution >= 0.6 is 11.6 Å². The fourth-order valence-corrected chi connectivity index (χ4v) is 3.92. The van der Waals surface area contributed by atoms with Crippen molar-refractivity contribution in [3.05, 3.63) is 35.0 Å². The molecule has 1 atom stereocenters. The fraction of sp³-hybridized carbons (Fsp3) is 0.526. The van der Waals surface area contributed by atoms with Crippen LogP contribution in [-0.4, -0.2) is 50.5 Å². The second-order valence-corrected chi connectivity index (χ2v) is 6.97. The highest BCUT2D eigenvalue weighted by Gasteiger charge is 2.22. The number of aromatic nitrogens is 1. The van der Waals surface area contributed by atoms with Crippen LogP contribution in [0.3, 0.4) is 0 Å². The monoisotopic (exact) mass is 361 g/mol. The molecule has 2 aliphatic rings. The highest BCUT2D eigenvalue weighted by atomic mass is 35.5. The van der Waals surface area contributed by atoms with E-state index < -0.39 is 0 Å². The van der Waals surface area contributed by atoms with Gasteiger partial charge in [0.05, 0.1) is 30.5 Å². The molecule has 0 aliphatic carbocycles. The van der Waals surface area contributed by atoms with E-state index in [-0.39, 0.29) is 0 Å². The van der Waals surface area contributed by atoms with Crippen LogP contribution in [0.25, 0.3) is 10.9 Å². The van der Waals surface area contributed by atoms with Gasteiger partial charge in [0.1, 0.15) is 5.15 Å². The zero-order valence-electron chi connectivity index (χ0n) is 14.3. The molecule has 1 aromatic carbocycles. The Morgan fingerprint density at radius 3 is 2.84 bits per heavy atom. The number of halogens is 1. The van der Waals surface area contributed by atoms with Gasteiger partial charge in [-0.05, 0) is 18.9 Å². The number of morpholine rings is 1. The van der Waals surface area contributed by atoms with E-state index in [1.807, 2.05) is 12.1 Å². The van der Waals surface area contributed by atoms with Crippen molar-refractivity contribution in [1.29, 1.82) is 0 Å². The lowest BCUT2D eigenvalue weighted by atomic mass is 10.1. The first-order valence-electron chi connectivity index (χ1n) is 9.05. The predicted molar refractivity (Wildman–Crippen MR) is 100 cm³/mol. The number of ether oxygens (including phenoxy) is 2. The minimum Gasteiger partial charge on any atom is -0.378 e. The molecule has 6 heteroatoms. The number of rotatable bonds is 5. The molecule has 2 fully saturated rings. The Bertz CT molecular complexity index is 728. The number of nitrogens with zero attached hydrogens (tertiary/aromatic N) is 2. The third kappa shape index (κ3) is 3.75. The number of anilines is 1. The number of para-hydroxylation sites is 1. The quantitative estimate of drug-likeness (QED) is 0.829. The lowest BCUT2D eigenvalue weighted by Crippen LogP contribution is -2.37. The van der Waals surface area contributed by atoms with Gasteiger partial charge in [-0.2, -0.15) is 0 Å². The first-order valence-corrected chi connectivity index (χ1v) is 9.43. The molecule has 25 heavy (non-hydrogen) atoms. The lowest BCUT2D eigenvalue weighted by Gasteiger charge is -2.32. The summed E-state index contributed by atoms with van der Waals surface area (Å²) >= 11 is 6.58. The van der Waals surface area contributed by atoms with Gasteiger partial charge in [-0.25, -0.2) is 4.98 Å². The summed E-state index contributed by atoms with van der Waals surface area (Å²) in [6.07, 6.45) is 2.61. The van der Waals surface area contributed by atoms with E-state index in [9.17, 15) is 0 Å². The summed E-state index contributed by atoms with van der Waals surface area (Å²) in [6, 6.07) is 8.22. The van der Waals surface area contributed by atoms with Crippen LogP contribution in [0.4, 0.5) is 5.69 Å². The molecule has 1 N–H and O–H groups in total. The molecule has 0 amide bonds. The van der Waals surface area contributed by atoms with E-state index in [4.69, 9.17) is 21.1 Å². The number of nitrogens with one attached hydrogen (secondary N) is 1. The predicted octanol–water partition coefficient (Wildman–Crippen LogP) is 2.99. The Labute approximate surface area is 153 Å². The molecule has 4 rings (SSSR count). The Morgan fingerprint density at radius 2 is 2.04 bits per heavy atom. The molecule has 2 aliphatic heterocycles. The first-order chi connectivity index (χ1) is 12.3. The van der Waals surface area contributed by atoms with Gasteiger partial charge in [0.2, 0.25) is 0 Å². The molecular formula is C19H24ClN3O2. The number of pyridine rings is 1. The fourth-order valence-electron chi connectivity index (χ4n) is 3.67. The normalized spacial score (nSPS) is 21.2. The van der Waals surface area contributed by atoms with Crippen LogP contribution in [0, 0.1) is 0 Å². The van der Waals surface area contributed by atoms with Crippen LogP contribution in [0.2, 0.25) is 5.15 Å². The maximum atomic E-state index is 6.58. The average molecular weight is 362 g/mol. The first kappa shape index (κ1) is 17.0. The largest absolute Gasteiger partial charge is 0.378 e. The van der Waals surface area contributed by atoms with Crippen molar-refractivity contribution in [3.63, 3.8) is 0 Å². The van der Waals surface area contributed by atoms with Crippen LogP contribution in [-0.2, 0) is 16.0 Å². The highest BCUT2D eigenvalue weighted by molar-refractivity contribution is 6.31. The molecule has 0 spiro atoms. The molecule has 134 valence electrons. The van der Waals surface area contributed by atoms with Crippen LogP contribution < -0.4 is 10.2 Å². The molecule has 2 aromatic rings. The van der Waals surface area contributed by atoms with Gasteiger partial charge >= 0.3 is 0 Å². The third-order valence-corrected chi connectivity index (χ3v) is 5.25. The molecule has 0 bridgehead atoms. The Balaban J connectivity index is 1.64. The lowest BCUT2D eigenvalue weighted by molar-refractivity contribution is 0.110. The van der Waals surface area contributed by atoms with Crippen molar-refractivity contribution in [2.75, 3.05) is 44.4 Å². The van der Waals surface area contributed by atoms with E-state index >= 15 is 0 Å². The topological polar surface area (TPSA) is 46.6 Å². The maximum Gasteiger partial charge on any atom is 0.136 e. The van der Waals surface area contributed by atoms with E-state index in [1.165, 1.54) is 5.69 Å². The number of benzene rings is 1. The van der Waals surface area contributed by atoms with E-state index in [0.29, 0.717) is 17.8 Å². The molecule has 0 unspecified atom stereocenters.